The molecule has 0 N–H and O–H groups in total. The lowest BCUT2D eigenvalue weighted by atomic mass is 9.77. The van der Waals surface area contributed by atoms with Gasteiger partial charge in [-0.3, -0.25) is 19.3 Å². The molecule has 10 heteroatoms. The second-order valence-corrected chi connectivity index (χ2v) is 14.8. The zero-order valence-electron chi connectivity index (χ0n) is 26.8. The van der Waals surface area contributed by atoms with Gasteiger partial charge in [-0.05, 0) is 99.9 Å². The van der Waals surface area contributed by atoms with Crippen molar-refractivity contribution >= 4 is 52.8 Å². The van der Waals surface area contributed by atoms with Crippen molar-refractivity contribution < 1.29 is 19.1 Å². The first kappa shape index (κ1) is 32.7. The number of piperidine rings is 1. The molecule has 3 aliphatic heterocycles. The Bertz CT molecular complexity index is 1520. The van der Waals surface area contributed by atoms with Gasteiger partial charge in [-0.2, -0.15) is 5.10 Å². The van der Waals surface area contributed by atoms with Crippen molar-refractivity contribution in [2.45, 2.75) is 77.0 Å². The molecule has 3 heterocycles. The minimum absolute atomic E-state index is 0.00847. The van der Waals surface area contributed by atoms with Gasteiger partial charge in [-0.15, -0.1) is 0 Å². The number of likely N-dealkylation sites (tertiary alicyclic amines) is 2. The van der Waals surface area contributed by atoms with Gasteiger partial charge in [0.15, 0.2) is 0 Å². The van der Waals surface area contributed by atoms with Gasteiger partial charge >= 0.3 is 5.97 Å². The summed E-state index contributed by atoms with van der Waals surface area (Å²) in [5.41, 5.74) is 3.66. The average Bonchev–Trinajstić information content (AvgIpc) is 3.60. The summed E-state index contributed by atoms with van der Waals surface area (Å²) in [6.45, 7) is 7.56. The largest absolute Gasteiger partial charge is 0.460 e. The van der Waals surface area contributed by atoms with Crippen LogP contribution in [-0.4, -0.2) is 76.1 Å². The number of carbonyl (C=O) groups excluding carboxylic acids is 3. The number of halogens is 2. The number of nitrogens with zero attached hydrogens (tertiary/aromatic N) is 4. The number of hydrogen-bond acceptors (Lipinski definition) is 6. The van der Waals surface area contributed by atoms with Gasteiger partial charge in [0, 0.05) is 48.1 Å². The summed E-state index contributed by atoms with van der Waals surface area (Å²) in [5.74, 6) is -0.655. The van der Waals surface area contributed by atoms with Crippen LogP contribution in [0, 0.1) is 11.8 Å². The van der Waals surface area contributed by atoms with E-state index in [2.05, 4.69) is 11.0 Å². The molecule has 3 fully saturated rings. The van der Waals surface area contributed by atoms with E-state index in [1.807, 2.05) is 74.2 Å². The van der Waals surface area contributed by atoms with Crippen LogP contribution in [0.2, 0.25) is 10.0 Å². The molecule has 1 aliphatic carbocycles. The maximum absolute atomic E-state index is 14.0. The number of amides is 2. The number of ether oxygens (including phenoxy) is 1. The molecule has 0 bridgehead atoms. The SMILES string of the molecule is CC(C)(C)OC(=O)C1CC(=O)N(C2CCN(CC(=O)N3N=C4/C(=C\c5ccc(Cl)cc5)CCCC4C3c3ccc(Cl)cc3)CC2)C1. The smallest absolute Gasteiger partial charge is 0.311 e. The fourth-order valence-corrected chi connectivity index (χ4v) is 7.49. The van der Waals surface area contributed by atoms with E-state index in [0.29, 0.717) is 29.7 Å². The summed E-state index contributed by atoms with van der Waals surface area (Å²) in [5, 5.41) is 8.11. The lowest BCUT2D eigenvalue weighted by Crippen LogP contribution is -2.48. The zero-order chi connectivity index (χ0) is 32.6. The van der Waals surface area contributed by atoms with E-state index in [1.165, 1.54) is 0 Å². The Labute approximate surface area is 281 Å². The molecule has 46 heavy (non-hydrogen) atoms. The molecule has 2 aromatic carbocycles. The van der Waals surface area contributed by atoms with E-state index >= 15 is 0 Å². The predicted octanol–water partition coefficient (Wildman–Crippen LogP) is 6.77. The number of benzene rings is 2. The van der Waals surface area contributed by atoms with Crippen LogP contribution in [0.3, 0.4) is 0 Å². The third kappa shape index (κ3) is 7.35. The van der Waals surface area contributed by atoms with Gasteiger partial charge in [0.25, 0.3) is 5.91 Å². The number of esters is 1. The van der Waals surface area contributed by atoms with Crippen molar-refractivity contribution in [2.75, 3.05) is 26.2 Å². The van der Waals surface area contributed by atoms with E-state index in [0.717, 1.165) is 54.5 Å². The van der Waals surface area contributed by atoms with Crippen LogP contribution in [0.25, 0.3) is 6.08 Å². The second kappa shape index (κ2) is 13.5. The van der Waals surface area contributed by atoms with Gasteiger partial charge < -0.3 is 9.64 Å². The van der Waals surface area contributed by atoms with E-state index in [9.17, 15) is 14.4 Å². The standard InChI is InChI=1S/C36H42Cl2N4O4/c1-36(2,3)46-35(45)26-20-31(43)41(21-26)29-15-17-40(18-16-29)22-32(44)42-34(24-9-13-28(38)14-10-24)30-6-4-5-25(33(30)39-42)19-23-7-11-27(37)12-8-23/h7-14,19,26,29-30,34H,4-6,15-18,20-22H2,1-3H3/b25-19-. The van der Waals surface area contributed by atoms with Crippen molar-refractivity contribution in [2.24, 2.45) is 16.9 Å². The van der Waals surface area contributed by atoms with Gasteiger partial charge in [0.05, 0.1) is 24.2 Å². The molecule has 0 radical (unpaired) electrons. The Morgan fingerprint density at radius 3 is 2.28 bits per heavy atom. The molecular formula is C36H42Cl2N4O4. The molecule has 6 rings (SSSR count). The molecule has 2 amide bonds. The first-order valence-electron chi connectivity index (χ1n) is 16.3. The lowest BCUT2D eigenvalue weighted by molar-refractivity contribution is -0.159. The topological polar surface area (TPSA) is 82.5 Å². The number of hydrazone groups is 1. The summed E-state index contributed by atoms with van der Waals surface area (Å²) in [7, 11) is 0. The summed E-state index contributed by atoms with van der Waals surface area (Å²) < 4.78 is 5.54. The Balaban J connectivity index is 1.14. The summed E-state index contributed by atoms with van der Waals surface area (Å²) in [6.07, 6.45) is 6.76. The number of hydrogen-bond donors (Lipinski definition) is 0. The molecule has 1 saturated carbocycles. The van der Waals surface area contributed by atoms with Crippen LogP contribution in [-0.2, 0) is 19.1 Å². The molecule has 3 unspecified atom stereocenters. The highest BCUT2D eigenvalue weighted by Crippen LogP contribution is 2.44. The first-order valence-corrected chi connectivity index (χ1v) is 17.1. The molecule has 0 aromatic heterocycles. The molecule has 4 aliphatic rings. The second-order valence-electron chi connectivity index (χ2n) is 13.9. The Morgan fingerprint density at radius 1 is 0.978 bits per heavy atom. The van der Waals surface area contributed by atoms with Crippen LogP contribution in [0.1, 0.15) is 76.5 Å². The summed E-state index contributed by atoms with van der Waals surface area (Å²) in [6, 6.07) is 15.4. The summed E-state index contributed by atoms with van der Waals surface area (Å²) in [4.78, 5) is 43.5. The highest BCUT2D eigenvalue weighted by atomic mass is 35.5. The van der Waals surface area contributed by atoms with E-state index in [1.54, 1.807) is 5.01 Å². The van der Waals surface area contributed by atoms with Crippen molar-refractivity contribution in [1.82, 2.24) is 14.8 Å². The van der Waals surface area contributed by atoms with Crippen molar-refractivity contribution in [3.05, 3.63) is 75.3 Å². The third-order valence-electron chi connectivity index (χ3n) is 9.43. The van der Waals surface area contributed by atoms with Crippen LogP contribution >= 0.6 is 23.2 Å². The fourth-order valence-electron chi connectivity index (χ4n) is 7.24. The van der Waals surface area contributed by atoms with Crippen molar-refractivity contribution in [3.63, 3.8) is 0 Å². The Hall–Kier alpha value is -3.20. The molecule has 2 aromatic rings. The monoisotopic (exact) mass is 664 g/mol. The number of fused-ring (bicyclic) bond motifs is 1. The van der Waals surface area contributed by atoms with Crippen molar-refractivity contribution in [3.8, 4) is 0 Å². The van der Waals surface area contributed by atoms with Gasteiger partial charge in [-0.1, -0.05) is 47.5 Å². The molecule has 2 saturated heterocycles. The minimum Gasteiger partial charge on any atom is -0.460 e. The number of allylic oxidation sites excluding steroid dienone is 1. The van der Waals surface area contributed by atoms with Gasteiger partial charge in [0.2, 0.25) is 5.91 Å². The third-order valence-corrected chi connectivity index (χ3v) is 9.94. The fraction of sp³-hybridized carbons (Fsp3) is 0.500. The molecule has 8 nitrogen and oxygen atoms in total. The van der Waals surface area contributed by atoms with Crippen LogP contribution in [0.4, 0.5) is 0 Å². The minimum atomic E-state index is -0.579. The van der Waals surface area contributed by atoms with Gasteiger partial charge in [0.1, 0.15) is 5.60 Å². The van der Waals surface area contributed by atoms with Crippen LogP contribution < -0.4 is 0 Å². The quantitative estimate of drug-likeness (QED) is 0.318. The maximum atomic E-state index is 14.0. The highest BCUT2D eigenvalue weighted by Gasteiger charge is 2.45. The molecule has 3 atom stereocenters. The van der Waals surface area contributed by atoms with Crippen LogP contribution in [0.5, 0.6) is 0 Å². The first-order chi connectivity index (χ1) is 21.9. The number of carbonyl (C=O) groups is 3. The van der Waals surface area contributed by atoms with E-state index in [4.69, 9.17) is 33.0 Å². The summed E-state index contributed by atoms with van der Waals surface area (Å²) >= 11 is 12.4. The van der Waals surface area contributed by atoms with Crippen LogP contribution in [0.15, 0.2) is 59.2 Å². The average molecular weight is 666 g/mol. The molecule has 244 valence electrons. The maximum Gasteiger partial charge on any atom is 0.311 e. The Morgan fingerprint density at radius 2 is 1.63 bits per heavy atom. The normalized spacial score (nSPS) is 25.2. The highest BCUT2D eigenvalue weighted by molar-refractivity contribution is 6.30. The van der Waals surface area contributed by atoms with E-state index < -0.39 is 11.5 Å². The predicted molar refractivity (Wildman–Crippen MR) is 180 cm³/mol. The molecule has 0 spiro atoms. The van der Waals surface area contributed by atoms with Gasteiger partial charge in [-0.25, -0.2) is 5.01 Å². The van der Waals surface area contributed by atoms with Crippen molar-refractivity contribution in [1.29, 1.82) is 0 Å². The van der Waals surface area contributed by atoms with E-state index in [-0.39, 0.29) is 48.8 Å². The number of rotatable bonds is 6. The Kier molecular flexibility index (Phi) is 9.60. The lowest BCUT2D eigenvalue weighted by Gasteiger charge is -2.37. The molecular weight excluding hydrogens is 623 g/mol. The zero-order valence-corrected chi connectivity index (χ0v) is 28.3.